The fourth-order valence-electron chi connectivity index (χ4n) is 4.25. The van der Waals surface area contributed by atoms with Crippen LogP contribution >= 0.6 is 0 Å². The lowest BCUT2D eigenvalue weighted by molar-refractivity contribution is -0.134. The van der Waals surface area contributed by atoms with Gasteiger partial charge in [-0.15, -0.1) is 0 Å². The Kier molecular flexibility index (Phi) is 7.28. The molecule has 0 saturated heterocycles. The lowest BCUT2D eigenvalue weighted by atomic mass is 9.97. The summed E-state index contributed by atoms with van der Waals surface area (Å²) < 4.78 is 11.0. The van der Waals surface area contributed by atoms with Crippen LogP contribution in [0.3, 0.4) is 0 Å². The number of carbonyl (C=O) groups excluding carboxylic acids is 1. The molecule has 1 amide bonds. The zero-order valence-corrected chi connectivity index (χ0v) is 20.2. The van der Waals surface area contributed by atoms with Crippen molar-refractivity contribution in [2.75, 3.05) is 27.8 Å². The van der Waals surface area contributed by atoms with Gasteiger partial charge in [0.15, 0.2) is 0 Å². The molecule has 0 radical (unpaired) electrons. The van der Waals surface area contributed by atoms with E-state index in [0.717, 1.165) is 22.4 Å². The molecule has 0 aliphatic carbocycles. The highest BCUT2D eigenvalue weighted by Crippen LogP contribution is 2.39. The Morgan fingerprint density at radius 2 is 1.76 bits per heavy atom. The molecule has 3 aromatic rings. The van der Waals surface area contributed by atoms with E-state index in [4.69, 9.17) is 14.6 Å². The molecular formula is C28H31N3O3. The summed E-state index contributed by atoms with van der Waals surface area (Å²) in [5.41, 5.74) is 5.17. The molecule has 0 fully saturated rings. The average Bonchev–Trinajstić information content (AvgIpc) is 3.30. The van der Waals surface area contributed by atoms with E-state index in [1.807, 2.05) is 48.3 Å². The standard InChI is InChI=1S/C28H31N3O3/c1-20-10-12-22(13-11-20)25-17-26(24-15-14-23(33-3)16-27(24)34-4)31(29-25)28(32)19-30(2)18-21-8-6-5-7-9-21/h5-16,26H,17-19H2,1-4H3/t26-/m1/s1. The zero-order chi connectivity index (χ0) is 24.1. The minimum Gasteiger partial charge on any atom is -0.497 e. The van der Waals surface area contributed by atoms with E-state index in [9.17, 15) is 4.79 Å². The molecule has 0 bridgehead atoms. The van der Waals surface area contributed by atoms with Gasteiger partial charge in [0, 0.05) is 24.6 Å². The summed E-state index contributed by atoms with van der Waals surface area (Å²) in [4.78, 5) is 15.5. The summed E-state index contributed by atoms with van der Waals surface area (Å²) in [5, 5.41) is 6.44. The molecule has 3 aromatic carbocycles. The van der Waals surface area contributed by atoms with Crippen molar-refractivity contribution in [3.63, 3.8) is 0 Å². The molecular weight excluding hydrogens is 426 g/mol. The van der Waals surface area contributed by atoms with Gasteiger partial charge in [-0.3, -0.25) is 9.69 Å². The molecule has 176 valence electrons. The number of amides is 1. The van der Waals surface area contributed by atoms with Crippen LogP contribution in [0.5, 0.6) is 11.5 Å². The fraction of sp³-hybridized carbons (Fsp3) is 0.286. The number of hydrazone groups is 1. The van der Waals surface area contributed by atoms with E-state index >= 15 is 0 Å². The number of hydrogen-bond donors (Lipinski definition) is 0. The summed E-state index contributed by atoms with van der Waals surface area (Å²) in [7, 11) is 5.21. The molecule has 6 heteroatoms. The topological polar surface area (TPSA) is 54.4 Å². The van der Waals surface area contributed by atoms with Crippen LogP contribution in [0.1, 0.15) is 34.7 Å². The number of ether oxygens (including phenoxy) is 2. The van der Waals surface area contributed by atoms with E-state index in [1.165, 1.54) is 5.56 Å². The van der Waals surface area contributed by atoms with Gasteiger partial charge in [0.05, 0.1) is 32.5 Å². The van der Waals surface area contributed by atoms with Crippen molar-refractivity contribution in [3.8, 4) is 11.5 Å². The third-order valence-corrected chi connectivity index (χ3v) is 6.05. The van der Waals surface area contributed by atoms with Gasteiger partial charge in [-0.1, -0.05) is 60.2 Å². The van der Waals surface area contributed by atoms with Gasteiger partial charge in [0.2, 0.25) is 0 Å². The molecule has 1 aliphatic heterocycles. The summed E-state index contributed by atoms with van der Waals surface area (Å²) >= 11 is 0. The summed E-state index contributed by atoms with van der Waals surface area (Å²) in [6.07, 6.45) is 0.611. The second-order valence-corrected chi connectivity index (χ2v) is 8.64. The minimum atomic E-state index is -0.255. The molecule has 1 heterocycles. The third-order valence-electron chi connectivity index (χ3n) is 6.05. The van der Waals surface area contributed by atoms with Crippen molar-refractivity contribution in [2.45, 2.75) is 25.9 Å². The SMILES string of the molecule is COc1ccc([C@H]2CC(c3ccc(C)cc3)=NN2C(=O)CN(C)Cc2ccccc2)c(OC)c1. The molecule has 0 N–H and O–H groups in total. The van der Waals surface area contributed by atoms with Gasteiger partial charge >= 0.3 is 0 Å². The van der Waals surface area contributed by atoms with Crippen molar-refractivity contribution in [3.05, 3.63) is 95.1 Å². The monoisotopic (exact) mass is 457 g/mol. The summed E-state index contributed by atoms with van der Waals surface area (Å²) in [6.45, 7) is 3.00. The number of benzene rings is 3. The van der Waals surface area contributed by atoms with Crippen molar-refractivity contribution in [1.82, 2.24) is 9.91 Å². The highest BCUT2D eigenvalue weighted by molar-refractivity contribution is 6.03. The van der Waals surface area contributed by atoms with Crippen molar-refractivity contribution in [1.29, 1.82) is 0 Å². The van der Waals surface area contributed by atoms with E-state index in [1.54, 1.807) is 19.2 Å². The quantitative estimate of drug-likeness (QED) is 0.487. The molecule has 1 aliphatic rings. The molecule has 0 aromatic heterocycles. The summed E-state index contributed by atoms with van der Waals surface area (Å²) in [5.74, 6) is 1.34. The number of rotatable bonds is 8. The van der Waals surface area contributed by atoms with Crippen molar-refractivity contribution in [2.24, 2.45) is 5.10 Å². The van der Waals surface area contributed by atoms with Crippen LogP contribution in [0.4, 0.5) is 0 Å². The minimum absolute atomic E-state index is 0.0524. The molecule has 4 rings (SSSR count). The smallest absolute Gasteiger partial charge is 0.257 e. The van der Waals surface area contributed by atoms with Crippen molar-refractivity contribution >= 4 is 11.6 Å². The predicted octanol–water partition coefficient (Wildman–Crippen LogP) is 4.82. The zero-order valence-electron chi connectivity index (χ0n) is 20.2. The van der Waals surface area contributed by atoms with Crippen LogP contribution in [0.2, 0.25) is 0 Å². The van der Waals surface area contributed by atoms with Gasteiger partial charge in [-0.25, -0.2) is 5.01 Å². The lowest BCUT2D eigenvalue weighted by Gasteiger charge is -2.26. The Morgan fingerprint density at radius 1 is 1.03 bits per heavy atom. The molecule has 1 atom stereocenters. The number of carbonyl (C=O) groups is 1. The van der Waals surface area contributed by atoms with E-state index in [0.29, 0.717) is 24.5 Å². The van der Waals surface area contributed by atoms with Crippen LogP contribution < -0.4 is 9.47 Å². The van der Waals surface area contributed by atoms with Crippen LogP contribution in [-0.4, -0.2) is 49.3 Å². The van der Waals surface area contributed by atoms with E-state index in [-0.39, 0.29) is 18.5 Å². The third kappa shape index (κ3) is 5.29. The number of likely N-dealkylation sites (N-methyl/N-ethyl adjacent to an activating group) is 1. The second kappa shape index (κ2) is 10.5. The summed E-state index contributed by atoms with van der Waals surface area (Å²) in [6, 6.07) is 23.9. The Morgan fingerprint density at radius 3 is 2.44 bits per heavy atom. The molecule has 0 unspecified atom stereocenters. The molecule has 34 heavy (non-hydrogen) atoms. The van der Waals surface area contributed by atoms with Crippen LogP contribution in [-0.2, 0) is 11.3 Å². The highest BCUT2D eigenvalue weighted by atomic mass is 16.5. The Balaban J connectivity index is 1.62. The Bertz CT molecular complexity index is 1160. The van der Waals surface area contributed by atoms with E-state index in [2.05, 4.69) is 43.3 Å². The van der Waals surface area contributed by atoms with Gasteiger partial charge in [0.1, 0.15) is 11.5 Å². The van der Waals surface area contributed by atoms with Gasteiger partial charge in [-0.2, -0.15) is 5.10 Å². The first-order valence-electron chi connectivity index (χ1n) is 11.4. The Labute approximate surface area is 201 Å². The number of methoxy groups -OCH3 is 2. The van der Waals surface area contributed by atoms with Gasteiger partial charge in [0.25, 0.3) is 5.91 Å². The predicted molar refractivity (Wildman–Crippen MR) is 134 cm³/mol. The van der Waals surface area contributed by atoms with Gasteiger partial charge < -0.3 is 9.47 Å². The maximum Gasteiger partial charge on any atom is 0.257 e. The number of nitrogens with zero attached hydrogens (tertiary/aromatic N) is 3. The lowest BCUT2D eigenvalue weighted by Crippen LogP contribution is -2.36. The number of hydrogen-bond acceptors (Lipinski definition) is 5. The van der Waals surface area contributed by atoms with Crippen LogP contribution in [0, 0.1) is 6.92 Å². The second-order valence-electron chi connectivity index (χ2n) is 8.64. The first-order chi connectivity index (χ1) is 16.5. The maximum absolute atomic E-state index is 13.5. The highest BCUT2D eigenvalue weighted by Gasteiger charge is 2.35. The first-order valence-corrected chi connectivity index (χ1v) is 11.4. The largest absolute Gasteiger partial charge is 0.497 e. The molecule has 0 spiro atoms. The van der Waals surface area contributed by atoms with Gasteiger partial charge in [-0.05, 0) is 37.2 Å². The first kappa shape index (κ1) is 23.5. The normalized spacial score (nSPS) is 15.4. The molecule has 6 nitrogen and oxygen atoms in total. The van der Waals surface area contributed by atoms with Crippen LogP contribution in [0.25, 0.3) is 0 Å². The average molecular weight is 458 g/mol. The fourth-order valence-corrected chi connectivity index (χ4v) is 4.25. The molecule has 0 saturated carbocycles. The van der Waals surface area contributed by atoms with Crippen LogP contribution in [0.15, 0.2) is 77.9 Å². The van der Waals surface area contributed by atoms with E-state index < -0.39 is 0 Å². The van der Waals surface area contributed by atoms with Crippen molar-refractivity contribution < 1.29 is 14.3 Å². The number of aryl methyl sites for hydroxylation is 1. The Hall–Kier alpha value is -3.64. The maximum atomic E-state index is 13.5.